The first-order valence-corrected chi connectivity index (χ1v) is 6.02. The Kier molecular flexibility index (Phi) is 3.41. The Morgan fingerprint density at radius 2 is 2.25 bits per heavy atom. The molecular formula is C12H14N2OS. The monoisotopic (exact) mass is 234 g/mol. The van der Waals surface area contributed by atoms with Crippen molar-refractivity contribution in [1.82, 2.24) is 4.98 Å². The lowest BCUT2D eigenvalue weighted by molar-refractivity contribution is 0.312. The molecule has 0 radical (unpaired) electrons. The second-order valence-electron chi connectivity index (χ2n) is 3.52. The predicted octanol–water partition coefficient (Wildman–Crippen LogP) is 2.66. The largest absolute Gasteiger partial charge is 0.476 e. The minimum Gasteiger partial charge on any atom is -0.476 e. The number of anilines is 1. The van der Waals surface area contributed by atoms with E-state index >= 15 is 0 Å². The van der Waals surface area contributed by atoms with E-state index in [1.165, 1.54) is 4.88 Å². The van der Waals surface area contributed by atoms with E-state index in [2.05, 4.69) is 16.4 Å². The summed E-state index contributed by atoms with van der Waals surface area (Å²) in [6, 6.07) is 7.84. The zero-order valence-corrected chi connectivity index (χ0v) is 9.96. The molecule has 84 valence electrons. The number of pyridine rings is 1. The lowest BCUT2D eigenvalue weighted by atomic mass is 10.3. The molecule has 2 heterocycles. The number of aromatic nitrogens is 1. The van der Waals surface area contributed by atoms with Crippen LogP contribution in [0.1, 0.15) is 10.6 Å². The number of hydrogen-bond donors (Lipinski definition) is 1. The summed E-state index contributed by atoms with van der Waals surface area (Å²) in [5, 5.41) is 2.06. The van der Waals surface area contributed by atoms with Crippen LogP contribution in [0, 0.1) is 6.92 Å². The third-order valence-corrected chi connectivity index (χ3v) is 3.13. The topological polar surface area (TPSA) is 48.1 Å². The maximum atomic E-state index is 5.76. The van der Waals surface area contributed by atoms with Gasteiger partial charge in [-0.05, 0) is 30.5 Å². The zero-order chi connectivity index (χ0) is 11.4. The molecule has 0 fully saturated rings. The number of nitrogen functional groups attached to an aromatic ring is 1. The number of rotatable bonds is 4. The summed E-state index contributed by atoms with van der Waals surface area (Å²) in [7, 11) is 0. The highest BCUT2D eigenvalue weighted by atomic mass is 32.1. The summed E-state index contributed by atoms with van der Waals surface area (Å²) in [4.78, 5) is 5.56. The average Bonchev–Trinajstić information content (AvgIpc) is 2.76. The number of nitrogens with two attached hydrogens (primary N) is 1. The van der Waals surface area contributed by atoms with Crippen LogP contribution in [-0.2, 0) is 6.42 Å². The fourth-order valence-corrected chi connectivity index (χ4v) is 2.05. The highest BCUT2D eigenvalue weighted by Gasteiger charge is 2.02. The molecule has 0 aromatic carbocycles. The third kappa shape index (κ3) is 2.73. The van der Waals surface area contributed by atoms with Crippen molar-refractivity contribution in [2.24, 2.45) is 0 Å². The van der Waals surface area contributed by atoms with Crippen molar-refractivity contribution in [3.63, 3.8) is 0 Å². The van der Waals surface area contributed by atoms with Gasteiger partial charge in [0.15, 0.2) is 0 Å². The Morgan fingerprint density at radius 3 is 3.00 bits per heavy atom. The SMILES string of the molecule is Cc1ccc(N)c(OCCc2cccs2)n1. The van der Waals surface area contributed by atoms with Gasteiger partial charge in [-0.25, -0.2) is 4.98 Å². The summed E-state index contributed by atoms with van der Waals surface area (Å²) in [5.74, 6) is 0.538. The number of nitrogens with zero attached hydrogens (tertiary/aromatic N) is 1. The molecule has 4 heteroatoms. The van der Waals surface area contributed by atoms with E-state index in [1.807, 2.05) is 25.1 Å². The van der Waals surface area contributed by atoms with E-state index in [9.17, 15) is 0 Å². The first-order chi connectivity index (χ1) is 7.75. The van der Waals surface area contributed by atoms with Crippen molar-refractivity contribution in [3.8, 4) is 5.88 Å². The van der Waals surface area contributed by atoms with Gasteiger partial charge in [0.2, 0.25) is 5.88 Å². The van der Waals surface area contributed by atoms with Crippen molar-refractivity contribution < 1.29 is 4.74 Å². The molecule has 2 N–H and O–H groups in total. The highest BCUT2D eigenvalue weighted by Crippen LogP contribution is 2.18. The van der Waals surface area contributed by atoms with Crippen LogP contribution in [0.2, 0.25) is 0 Å². The van der Waals surface area contributed by atoms with Gasteiger partial charge in [0, 0.05) is 17.0 Å². The van der Waals surface area contributed by atoms with Crippen LogP contribution in [0.5, 0.6) is 5.88 Å². The molecule has 0 amide bonds. The molecule has 0 aliphatic rings. The van der Waals surface area contributed by atoms with Crippen LogP contribution in [-0.4, -0.2) is 11.6 Å². The molecule has 3 nitrogen and oxygen atoms in total. The fourth-order valence-electron chi connectivity index (χ4n) is 1.36. The van der Waals surface area contributed by atoms with Gasteiger partial charge in [-0.15, -0.1) is 11.3 Å². The Bertz CT molecular complexity index is 454. The quantitative estimate of drug-likeness (QED) is 0.884. The molecule has 0 spiro atoms. The van der Waals surface area contributed by atoms with Gasteiger partial charge in [0.25, 0.3) is 0 Å². The summed E-state index contributed by atoms with van der Waals surface area (Å²) >= 11 is 1.73. The number of hydrogen-bond acceptors (Lipinski definition) is 4. The van der Waals surface area contributed by atoms with Gasteiger partial charge in [-0.1, -0.05) is 6.07 Å². The van der Waals surface area contributed by atoms with E-state index in [-0.39, 0.29) is 0 Å². The Morgan fingerprint density at radius 1 is 1.38 bits per heavy atom. The predicted molar refractivity (Wildman–Crippen MR) is 66.9 cm³/mol. The summed E-state index contributed by atoms with van der Waals surface area (Å²) in [5.41, 5.74) is 7.28. The van der Waals surface area contributed by atoms with E-state index in [1.54, 1.807) is 11.3 Å². The molecule has 0 atom stereocenters. The van der Waals surface area contributed by atoms with E-state index < -0.39 is 0 Å². The van der Waals surface area contributed by atoms with Crippen LogP contribution >= 0.6 is 11.3 Å². The van der Waals surface area contributed by atoms with Crippen LogP contribution < -0.4 is 10.5 Å². The van der Waals surface area contributed by atoms with E-state index in [4.69, 9.17) is 10.5 Å². The molecular weight excluding hydrogens is 220 g/mol. The molecule has 0 aliphatic heterocycles. The molecule has 0 bridgehead atoms. The average molecular weight is 234 g/mol. The zero-order valence-electron chi connectivity index (χ0n) is 9.14. The first kappa shape index (κ1) is 11.0. The van der Waals surface area contributed by atoms with Crippen molar-refractivity contribution >= 4 is 17.0 Å². The number of ether oxygens (including phenoxy) is 1. The Balaban J connectivity index is 1.92. The molecule has 0 saturated carbocycles. The van der Waals surface area contributed by atoms with Gasteiger partial charge in [0.1, 0.15) is 0 Å². The molecule has 0 unspecified atom stereocenters. The number of thiophene rings is 1. The lowest BCUT2D eigenvalue weighted by Gasteiger charge is -2.07. The van der Waals surface area contributed by atoms with Crippen LogP contribution in [0.3, 0.4) is 0 Å². The Hall–Kier alpha value is -1.55. The smallest absolute Gasteiger partial charge is 0.237 e. The Labute approximate surface area is 98.9 Å². The first-order valence-electron chi connectivity index (χ1n) is 5.14. The summed E-state index contributed by atoms with van der Waals surface area (Å²) in [6.07, 6.45) is 0.896. The normalized spacial score (nSPS) is 10.3. The highest BCUT2D eigenvalue weighted by molar-refractivity contribution is 7.09. The van der Waals surface area contributed by atoms with Gasteiger partial charge in [-0.2, -0.15) is 0 Å². The standard InChI is InChI=1S/C12H14N2OS/c1-9-4-5-11(13)12(14-9)15-7-6-10-3-2-8-16-10/h2-5,8H,6-7,13H2,1H3. The maximum Gasteiger partial charge on any atom is 0.237 e. The van der Waals surface area contributed by atoms with Crippen molar-refractivity contribution in [3.05, 3.63) is 40.2 Å². The minimum atomic E-state index is 0.538. The molecule has 0 aliphatic carbocycles. The minimum absolute atomic E-state index is 0.538. The molecule has 16 heavy (non-hydrogen) atoms. The third-order valence-electron chi connectivity index (χ3n) is 2.20. The lowest BCUT2D eigenvalue weighted by Crippen LogP contribution is -2.04. The molecule has 2 rings (SSSR count). The van der Waals surface area contributed by atoms with E-state index in [0.29, 0.717) is 18.2 Å². The summed E-state index contributed by atoms with van der Waals surface area (Å²) in [6.45, 7) is 2.53. The van der Waals surface area contributed by atoms with Gasteiger partial charge in [0.05, 0.1) is 12.3 Å². The van der Waals surface area contributed by atoms with Crippen LogP contribution in [0.15, 0.2) is 29.6 Å². The second kappa shape index (κ2) is 4.99. The van der Waals surface area contributed by atoms with Crippen molar-refractivity contribution in [1.29, 1.82) is 0 Å². The van der Waals surface area contributed by atoms with Crippen molar-refractivity contribution in [2.75, 3.05) is 12.3 Å². The summed E-state index contributed by atoms with van der Waals surface area (Å²) < 4.78 is 5.56. The van der Waals surface area contributed by atoms with Crippen LogP contribution in [0.4, 0.5) is 5.69 Å². The van der Waals surface area contributed by atoms with E-state index in [0.717, 1.165) is 12.1 Å². The van der Waals surface area contributed by atoms with Crippen molar-refractivity contribution in [2.45, 2.75) is 13.3 Å². The van der Waals surface area contributed by atoms with Gasteiger partial charge < -0.3 is 10.5 Å². The number of aryl methyl sites for hydroxylation is 1. The molecule has 2 aromatic heterocycles. The van der Waals surface area contributed by atoms with Crippen LogP contribution in [0.25, 0.3) is 0 Å². The molecule has 2 aromatic rings. The van der Waals surface area contributed by atoms with Gasteiger partial charge in [-0.3, -0.25) is 0 Å². The molecule has 0 saturated heterocycles. The fraction of sp³-hybridized carbons (Fsp3) is 0.250. The maximum absolute atomic E-state index is 5.76. The van der Waals surface area contributed by atoms with Gasteiger partial charge >= 0.3 is 0 Å². The second-order valence-corrected chi connectivity index (χ2v) is 4.56.